The van der Waals surface area contributed by atoms with Crippen LogP contribution in [0.2, 0.25) is 0 Å². The second kappa shape index (κ2) is 4.01. The van der Waals surface area contributed by atoms with Crippen LogP contribution >= 0.6 is 46.4 Å². The summed E-state index contributed by atoms with van der Waals surface area (Å²) in [4.78, 5) is 19.5. The van der Waals surface area contributed by atoms with Crippen molar-refractivity contribution < 1.29 is 9.85 Å². The minimum Gasteiger partial charge on any atom is -0.258 e. The molecule has 10 heteroatoms. The lowest BCUT2D eigenvalue weighted by Crippen LogP contribution is -2.58. The van der Waals surface area contributed by atoms with E-state index in [9.17, 15) is 20.2 Å². The van der Waals surface area contributed by atoms with Crippen LogP contribution in [0.15, 0.2) is 0 Å². The van der Waals surface area contributed by atoms with Crippen molar-refractivity contribution in [2.24, 2.45) is 0 Å². The van der Waals surface area contributed by atoms with Crippen molar-refractivity contribution in [3.63, 3.8) is 0 Å². The quantitative estimate of drug-likeness (QED) is 0.339. The zero-order valence-corrected chi connectivity index (χ0v) is 10.7. The second-order valence-electron chi connectivity index (χ2n) is 3.58. The van der Waals surface area contributed by atoms with E-state index in [1.807, 2.05) is 0 Å². The van der Waals surface area contributed by atoms with Crippen LogP contribution < -0.4 is 0 Å². The highest BCUT2D eigenvalue weighted by Crippen LogP contribution is 2.55. The molecule has 92 valence electrons. The molecule has 0 aromatic carbocycles. The van der Waals surface area contributed by atoms with Crippen LogP contribution in [0.4, 0.5) is 0 Å². The molecular weight excluding hydrogens is 306 g/mol. The molecule has 0 heterocycles. The molecule has 6 nitrogen and oxygen atoms in total. The highest BCUT2D eigenvalue weighted by molar-refractivity contribution is 6.62. The van der Waals surface area contributed by atoms with E-state index in [1.165, 1.54) is 0 Å². The summed E-state index contributed by atoms with van der Waals surface area (Å²) in [5.74, 6) is 0. The third kappa shape index (κ3) is 2.03. The molecule has 0 spiro atoms. The Morgan fingerprint density at radius 2 is 1.31 bits per heavy atom. The van der Waals surface area contributed by atoms with Gasteiger partial charge in [-0.2, -0.15) is 0 Å². The first-order valence-corrected chi connectivity index (χ1v) is 5.61. The van der Waals surface area contributed by atoms with Crippen LogP contribution in [0, 0.1) is 20.2 Å². The fourth-order valence-corrected chi connectivity index (χ4v) is 2.43. The molecule has 0 radical (unpaired) electrons. The summed E-state index contributed by atoms with van der Waals surface area (Å²) in [5, 5.41) is 21.6. The Morgan fingerprint density at radius 1 is 0.875 bits per heavy atom. The summed E-state index contributed by atoms with van der Waals surface area (Å²) in [5.41, 5.74) is -2.42. The Labute approximate surface area is 110 Å². The monoisotopic (exact) mass is 310 g/mol. The predicted molar refractivity (Wildman–Crippen MR) is 59.4 cm³/mol. The first-order chi connectivity index (χ1) is 7.05. The van der Waals surface area contributed by atoms with Gasteiger partial charge in [-0.3, -0.25) is 20.2 Å². The van der Waals surface area contributed by atoms with Crippen molar-refractivity contribution in [3.8, 4) is 0 Å². The fraction of sp³-hybridized carbons (Fsp3) is 1.00. The standard InChI is InChI=1S/C6H6Cl4N2O4/c7-5(8)2-1-4(11(13)14,12(15)16)3-6(5,9)10/h1-3H2. The van der Waals surface area contributed by atoms with E-state index in [4.69, 9.17) is 46.4 Å². The lowest BCUT2D eigenvalue weighted by molar-refractivity contribution is -0.800. The van der Waals surface area contributed by atoms with E-state index >= 15 is 0 Å². The van der Waals surface area contributed by atoms with Crippen LogP contribution in [0.25, 0.3) is 0 Å². The normalized spacial score (nSPS) is 26.0. The number of nitrogens with zero attached hydrogens (tertiary/aromatic N) is 2. The minimum atomic E-state index is -2.42. The van der Waals surface area contributed by atoms with Crippen molar-refractivity contribution in [3.05, 3.63) is 20.2 Å². The molecule has 0 N–H and O–H groups in total. The number of hydrogen-bond donors (Lipinski definition) is 0. The minimum absolute atomic E-state index is 0.231. The average molecular weight is 312 g/mol. The number of alkyl halides is 4. The summed E-state index contributed by atoms with van der Waals surface area (Å²) in [7, 11) is 0. The van der Waals surface area contributed by atoms with Crippen molar-refractivity contribution in [1.82, 2.24) is 0 Å². The maximum Gasteiger partial charge on any atom is 0.461 e. The number of halogens is 4. The maximum atomic E-state index is 10.8. The molecule has 0 atom stereocenters. The molecule has 1 fully saturated rings. The third-order valence-corrected chi connectivity index (χ3v) is 4.88. The zero-order chi connectivity index (χ0) is 12.8. The summed E-state index contributed by atoms with van der Waals surface area (Å²) in [6.07, 6.45) is -1.39. The van der Waals surface area contributed by atoms with Gasteiger partial charge in [0.05, 0.1) is 16.3 Å². The summed E-state index contributed by atoms with van der Waals surface area (Å²) in [6, 6.07) is 0. The molecule has 1 aliphatic rings. The van der Waals surface area contributed by atoms with Crippen LogP contribution in [-0.2, 0) is 0 Å². The Kier molecular flexibility index (Phi) is 3.52. The number of nitro groups is 2. The van der Waals surface area contributed by atoms with Crippen LogP contribution in [0.3, 0.4) is 0 Å². The summed E-state index contributed by atoms with van der Waals surface area (Å²) < 4.78 is -3.57. The van der Waals surface area contributed by atoms with Crippen LogP contribution in [0.1, 0.15) is 19.3 Å². The Hall–Kier alpha value is -0.0400. The average Bonchev–Trinajstić information content (AvgIpc) is 2.09. The maximum absolute atomic E-state index is 10.8. The molecule has 0 bridgehead atoms. The van der Waals surface area contributed by atoms with E-state index < -0.39 is 37.0 Å². The van der Waals surface area contributed by atoms with E-state index in [-0.39, 0.29) is 6.42 Å². The van der Waals surface area contributed by atoms with Gasteiger partial charge in [-0.15, -0.1) is 0 Å². The lowest BCUT2D eigenvalue weighted by Gasteiger charge is -2.38. The molecule has 1 saturated carbocycles. The molecule has 0 aliphatic heterocycles. The van der Waals surface area contributed by atoms with Gasteiger partial charge < -0.3 is 0 Å². The molecule has 1 aliphatic carbocycles. The van der Waals surface area contributed by atoms with Crippen LogP contribution in [0.5, 0.6) is 0 Å². The topological polar surface area (TPSA) is 86.3 Å². The molecular formula is C6H6Cl4N2O4. The molecule has 0 saturated heterocycles. The second-order valence-corrected chi connectivity index (χ2v) is 6.55. The molecule has 0 aromatic rings. The van der Waals surface area contributed by atoms with Crippen LogP contribution in [-0.4, -0.2) is 24.2 Å². The van der Waals surface area contributed by atoms with Gasteiger partial charge in [0.25, 0.3) is 0 Å². The van der Waals surface area contributed by atoms with E-state index in [0.29, 0.717) is 0 Å². The molecule has 0 aromatic heterocycles. The van der Waals surface area contributed by atoms with Gasteiger partial charge in [-0.1, -0.05) is 46.4 Å². The first-order valence-electron chi connectivity index (χ1n) is 4.10. The number of hydrogen-bond acceptors (Lipinski definition) is 4. The molecule has 0 unspecified atom stereocenters. The summed E-state index contributed by atoms with van der Waals surface area (Å²) in [6.45, 7) is 0. The van der Waals surface area contributed by atoms with Gasteiger partial charge in [0, 0.05) is 0 Å². The SMILES string of the molecule is O=[N+]([O-])C1([N+](=O)[O-])CCC(Cl)(Cl)C(Cl)(Cl)C1. The van der Waals surface area contributed by atoms with Crippen molar-refractivity contribution in [1.29, 1.82) is 0 Å². The van der Waals surface area contributed by atoms with Crippen molar-refractivity contribution in [2.75, 3.05) is 0 Å². The van der Waals surface area contributed by atoms with Crippen molar-refractivity contribution >= 4 is 46.4 Å². The van der Waals surface area contributed by atoms with Gasteiger partial charge in [0.1, 0.15) is 6.42 Å². The Balaban J connectivity index is 3.13. The molecule has 16 heavy (non-hydrogen) atoms. The Bertz CT molecular complexity index is 331. The predicted octanol–water partition coefficient (Wildman–Crippen LogP) is 2.77. The zero-order valence-electron chi connectivity index (χ0n) is 7.66. The van der Waals surface area contributed by atoms with E-state index in [1.54, 1.807) is 0 Å². The number of rotatable bonds is 2. The Morgan fingerprint density at radius 3 is 1.62 bits per heavy atom. The van der Waals surface area contributed by atoms with Gasteiger partial charge in [-0.05, 0) is 6.42 Å². The molecule has 1 rings (SSSR count). The third-order valence-electron chi connectivity index (χ3n) is 2.56. The first kappa shape index (κ1) is 14.0. The van der Waals surface area contributed by atoms with E-state index in [2.05, 4.69) is 0 Å². The fourth-order valence-electron chi connectivity index (χ4n) is 1.49. The highest BCUT2D eigenvalue weighted by Gasteiger charge is 2.69. The van der Waals surface area contributed by atoms with Gasteiger partial charge in [0.15, 0.2) is 8.67 Å². The van der Waals surface area contributed by atoms with Gasteiger partial charge in [-0.25, -0.2) is 0 Å². The van der Waals surface area contributed by atoms with E-state index in [0.717, 1.165) is 0 Å². The largest absolute Gasteiger partial charge is 0.461 e. The van der Waals surface area contributed by atoms with Gasteiger partial charge in [0.2, 0.25) is 0 Å². The summed E-state index contributed by atoms with van der Waals surface area (Å²) >= 11 is 23.0. The van der Waals surface area contributed by atoms with Crippen molar-refractivity contribution in [2.45, 2.75) is 33.6 Å². The lowest BCUT2D eigenvalue weighted by atomic mass is 9.88. The highest BCUT2D eigenvalue weighted by atomic mass is 35.5. The smallest absolute Gasteiger partial charge is 0.258 e. The molecule has 0 amide bonds. The van der Waals surface area contributed by atoms with Gasteiger partial charge >= 0.3 is 5.66 Å².